The van der Waals surface area contributed by atoms with Crippen LogP contribution in [0.2, 0.25) is 0 Å². The van der Waals surface area contributed by atoms with Crippen LogP contribution in [0.5, 0.6) is 0 Å². The Morgan fingerprint density at radius 1 is 1.25 bits per heavy atom. The first-order valence-electron chi connectivity index (χ1n) is 8.08. The van der Waals surface area contributed by atoms with Gasteiger partial charge in [-0.25, -0.2) is 0 Å². The van der Waals surface area contributed by atoms with Gasteiger partial charge in [0.05, 0.1) is 6.10 Å². The molecular weight excluding hydrogens is 244 g/mol. The lowest BCUT2D eigenvalue weighted by Gasteiger charge is -2.44. The number of allylic oxidation sites excluding steroid dienone is 1. The molecule has 1 unspecified atom stereocenters. The molecule has 0 bridgehead atoms. The Morgan fingerprint density at radius 3 is 2.95 bits per heavy atom. The topological polar surface area (TPSA) is 20.2 Å². The highest BCUT2D eigenvalue weighted by Gasteiger charge is 2.44. The molecule has 1 aromatic carbocycles. The fourth-order valence-corrected chi connectivity index (χ4v) is 5.07. The normalized spacial score (nSPS) is 35.5. The van der Waals surface area contributed by atoms with Gasteiger partial charge in [0.2, 0.25) is 0 Å². The summed E-state index contributed by atoms with van der Waals surface area (Å²) >= 11 is 0. The van der Waals surface area contributed by atoms with Gasteiger partial charge in [-0.05, 0) is 62.5 Å². The van der Waals surface area contributed by atoms with Crippen LogP contribution in [0.4, 0.5) is 0 Å². The minimum absolute atomic E-state index is 0.0794. The van der Waals surface area contributed by atoms with Gasteiger partial charge in [0.1, 0.15) is 0 Å². The van der Waals surface area contributed by atoms with E-state index in [9.17, 15) is 5.11 Å². The molecule has 0 heterocycles. The third-order valence-corrected chi connectivity index (χ3v) is 6.05. The molecule has 1 saturated carbocycles. The number of benzene rings is 1. The Kier molecular flexibility index (Phi) is 2.66. The zero-order valence-corrected chi connectivity index (χ0v) is 12.6. The van der Waals surface area contributed by atoms with E-state index in [1.54, 1.807) is 22.3 Å². The molecule has 4 rings (SSSR count). The van der Waals surface area contributed by atoms with Crippen LogP contribution in [0.15, 0.2) is 29.3 Å². The number of rotatable bonds is 0. The molecule has 3 aliphatic carbocycles. The predicted octanol–water partition coefficient (Wildman–Crippen LogP) is 4.06. The number of fused-ring (bicyclic) bond motifs is 4. The van der Waals surface area contributed by atoms with Crippen molar-refractivity contribution in [2.45, 2.75) is 63.9 Å². The molecule has 3 aliphatic rings. The van der Waals surface area contributed by atoms with Crippen LogP contribution in [-0.2, 0) is 11.8 Å². The number of hydrogen-bond acceptors (Lipinski definition) is 1. The lowest BCUT2D eigenvalue weighted by molar-refractivity contribution is 0.177. The third-order valence-electron chi connectivity index (χ3n) is 6.05. The molecule has 0 saturated heterocycles. The highest BCUT2D eigenvalue weighted by atomic mass is 16.3. The van der Waals surface area contributed by atoms with Crippen molar-refractivity contribution in [3.63, 3.8) is 0 Å². The number of aliphatic hydroxyl groups excluding tert-OH is 1. The van der Waals surface area contributed by atoms with Gasteiger partial charge in [0.25, 0.3) is 0 Å². The van der Waals surface area contributed by atoms with E-state index in [-0.39, 0.29) is 11.5 Å². The molecule has 0 spiro atoms. The van der Waals surface area contributed by atoms with Crippen molar-refractivity contribution in [1.29, 1.82) is 0 Å². The van der Waals surface area contributed by atoms with Crippen molar-refractivity contribution in [2.24, 2.45) is 5.92 Å². The SMILES string of the molecule is Cc1ccc2c(c1)CCC1=C3C[C@H](O)CC3CC[C@]12C. The van der Waals surface area contributed by atoms with Crippen LogP contribution >= 0.6 is 0 Å². The summed E-state index contributed by atoms with van der Waals surface area (Å²) in [6.45, 7) is 4.64. The summed E-state index contributed by atoms with van der Waals surface area (Å²) < 4.78 is 0. The van der Waals surface area contributed by atoms with Gasteiger partial charge >= 0.3 is 0 Å². The van der Waals surface area contributed by atoms with Crippen LogP contribution in [0.3, 0.4) is 0 Å². The van der Waals surface area contributed by atoms with E-state index in [1.165, 1.54) is 31.2 Å². The first-order valence-corrected chi connectivity index (χ1v) is 8.08. The van der Waals surface area contributed by atoms with E-state index < -0.39 is 0 Å². The molecule has 1 aromatic rings. The Bertz CT molecular complexity index is 598. The number of aliphatic hydroxyl groups is 1. The Morgan fingerprint density at radius 2 is 2.10 bits per heavy atom. The summed E-state index contributed by atoms with van der Waals surface area (Å²) in [6.07, 6.45) is 6.80. The van der Waals surface area contributed by atoms with Crippen LogP contribution in [0.25, 0.3) is 0 Å². The summed E-state index contributed by atoms with van der Waals surface area (Å²) in [5.41, 5.74) is 8.06. The minimum atomic E-state index is -0.0794. The first kappa shape index (κ1) is 12.6. The maximum Gasteiger partial charge on any atom is 0.0583 e. The highest BCUT2D eigenvalue weighted by molar-refractivity contribution is 5.50. The van der Waals surface area contributed by atoms with E-state index in [1.807, 2.05) is 0 Å². The standard InChI is InChI=1S/C19H24O/c1-12-3-5-17-14(9-12)4-6-18-16-11-15(20)10-13(16)7-8-19(17,18)2/h3,5,9,13,15,20H,4,6-8,10-11H2,1-2H3/t13?,15-,19+/m1/s1. The molecule has 0 aliphatic heterocycles. The maximum absolute atomic E-state index is 10.0. The van der Waals surface area contributed by atoms with Gasteiger partial charge in [-0.2, -0.15) is 0 Å². The third kappa shape index (κ3) is 1.65. The summed E-state index contributed by atoms with van der Waals surface area (Å²) in [7, 11) is 0. The lowest BCUT2D eigenvalue weighted by Crippen LogP contribution is -2.35. The Balaban J connectivity index is 1.87. The molecule has 1 nitrogen and oxygen atoms in total. The van der Waals surface area contributed by atoms with Crippen molar-refractivity contribution in [3.8, 4) is 0 Å². The maximum atomic E-state index is 10.0. The number of hydrogen-bond donors (Lipinski definition) is 1. The molecule has 106 valence electrons. The molecule has 1 heteroatoms. The van der Waals surface area contributed by atoms with E-state index in [2.05, 4.69) is 32.0 Å². The van der Waals surface area contributed by atoms with E-state index in [0.29, 0.717) is 5.92 Å². The monoisotopic (exact) mass is 268 g/mol. The lowest BCUT2D eigenvalue weighted by atomic mass is 9.60. The Labute approximate surface area is 121 Å². The Hall–Kier alpha value is -1.08. The average Bonchev–Trinajstić information content (AvgIpc) is 2.78. The molecule has 1 N–H and O–H groups in total. The fourth-order valence-electron chi connectivity index (χ4n) is 5.07. The zero-order valence-electron chi connectivity index (χ0n) is 12.6. The van der Waals surface area contributed by atoms with E-state index >= 15 is 0 Å². The van der Waals surface area contributed by atoms with Gasteiger partial charge in [0.15, 0.2) is 0 Å². The first-order chi connectivity index (χ1) is 9.58. The van der Waals surface area contributed by atoms with Crippen LogP contribution in [-0.4, -0.2) is 11.2 Å². The molecule has 20 heavy (non-hydrogen) atoms. The molecule has 0 aromatic heterocycles. The second kappa shape index (κ2) is 4.21. The smallest absolute Gasteiger partial charge is 0.0583 e. The predicted molar refractivity (Wildman–Crippen MR) is 81.8 cm³/mol. The van der Waals surface area contributed by atoms with Gasteiger partial charge in [-0.3, -0.25) is 0 Å². The van der Waals surface area contributed by atoms with Gasteiger partial charge in [-0.15, -0.1) is 0 Å². The molecule has 0 radical (unpaired) electrons. The average molecular weight is 268 g/mol. The van der Waals surface area contributed by atoms with Gasteiger partial charge in [0, 0.05) is 5.41 Å². The summed E-state index contributed by atoms with van der Waals surface area (Å²) in [4.78, 5) is 0. The zero-order chi connectivity index (χ0) is 13.9. The minimum Gasteiger partial charge on any atom is -0.393 e. The van der Waals surface area contributed by atoms with Crippen LogP contribution < -0.4 is 0 Å². The van der Waals surface area contributed by atoms with E-state index in [4.69, 9.17) is 0 Å². The second-order valence-electron chi connectivity index (χ2n) is 7.33. The van der Waals surface area contributed by atoms with Crippen molar-refractivity contribution < 1.29 is 5.11 Å². The fraction of sp³-hybridized carbons (Fsp3) is 0.579. The molecule has 3 atom stereocenters. The van der Waals surface area contributed by atoms with Crippen molar-refractivity contribution in [2.75, 3.05) is 0 Å². The van der Waals surface area contributed by atoms with Crippen LogP contribution in [0.1, 0.15) is 55.7 Å². The molecule has 0 amide bonds. The van der Waals surface area contributed by atoms with Crippen molar-refractivity contribution in [1.82, 2.24) is 0 Å². The van der Waals surface area contributed by atoms with Gasteiger partial charge < -0.3 is 5.11 Å². The molecular formula is C19H24O. The van der Waals surface area contributed by atoms with Gasteiger partial charge in [-0.1, -0.05) is 41.8 Å². The molecule has 1 fully saturated rings. The van der Waals surface area contributed by atoms with Crippen molar-refractivity contribution >= 4 is 0 Å². The van der Waals surface area contributed by atoms with Crippen molar-refractivity contribution in [3.05, 3.63) is 46.0 Å². The summed E-state index contributed by atoms with van der Waals surface area (Å²) in [5, 5.41) is 10.0. The highest BCUT2D eigenvalue weighted by Crippen LogP contribution is 2.54. The van der Waals surface area contributed by atoms with E-state index in [0.717, 1.165) is 12.8 Å². The summed E-state index contributed by atoms with van der Waals surface area (Å²) in [6, 6.07) is 7.03. The van der Waals surface area contributed by atoms with Crippen LogP contribution in [0, 0.1) is 12.8 Å². The largest absolute Gasteiger partial charge is 0.393 e. The quantitative estimate of drug-likeness (QED) is 0.703. The summed E-state index contributed by atoms with van der Waals surface area (Å²) in [5.74, 6) is 0.681. The second-order valence-corrected chi connectivity index (χ2v) is 7.33. The number of aryl methyl sites for hydroxylation is 2.